The largest absolute Gasteiger partial charge is 0.495 e. The summed E-state index contributed by atoms with van der Waals surface area (Å²) in [5.74, 6) is 1.71. The number of piperazine rings is 1. The van der Waals surface area contributed by atoms with Crippen LogP contribution in [0.4, 0.5) is 11.4 Å². The van der Waals surface area contributed by atoms with E-state index in [2.05, 4.69) is 33.0 Å². The number of ether oxygens (including phenoxy) is 2. The van der Waals surface area contributed by atoms with E-state index in [-0.39, 0.29) is 5.91 Å². The number of aryl methyl sites for hydroxylation is 1. The van der Waals surface area contributed by atoms with Gasteiger partial charge in [0.25, 0.3) is 5.91 Å². The van der Waals surface area contributed by atoms with Crippen LogP contribution in [0, 0.1) is 0 Å². The zero-order valence-corrected chi connectivity index (χ0v) is 20.9. The average molecular weight is 487 g/mol. The second-order valence-electron chi connectivity index (χ2n) is 9.27. The Labute approximate surface area is 213 Å². The van der Waals surface area contributed by atoms with Crippen LogP contribution in [0.25, 0.3) is 0 Å². The second-order valence-corrected chi connectivity index (χ2v) is 9.27. The van der Waals surface area contributed by atoms with Gasteiger partial charge in [-0.3, -0.25) is 14.7 Å². The molecule has 0 saturated carbocycles. The van der Waals surface area contributed by atoms with Gasteiger partial charge in [0.1, 0.15) is 11.5 Å². The maximum atomic E-state index is 13.2. The quantitative estimate of drug-likeness (QED) is 0.443. The Balaban J connectivity index is 1.15. The summed E-state index contributed by atoms with van der Waals surface area (Å²) in [4.78, 5) is 24.1. The summed E-state index contributed by atoms with van der Waals surface area (Å²) in [6.07, 6.45) is 6.17. The molecule has 0 atom stereocenters. The Hall–Kier alpha value is -3.58. The summed E-state index contributed by atoms with van der Waals surface area (Å²) in [5.41, 5.74) is 3.86. The van der Waals surface area contributed by atoms with Crippen LogP contribution >= 0.6 is 0 Å². The van der Waals surface area contributed by atoms with Crippen molar-refractivity contribution in [3.8, 4) is 11.5 Å². The maximum absolute atomic E-state index is 13.2. The predicted molar refractivity (Wildman–Crippen MR) is 142 cm³/mol. The molecule has 3 heterocycles. The van der Waals surface area contributed by atoms with Crippen molar-refractivity contribution in [3.63, 3.8) is 0 Å². The molecular formula is C29H34N4O3. The van der Waals surface area contributed by atoms with Gasteiger partial charge in [0.2, 0.25) is 0 Å². The molecule has 0 aliphatic carbocycles. The molecule has 2 aliphatic rings. The van der Waals surface area contributed by atoms with Crippen molar-refractivity contribution in [3.05, 3.63) is 78.1 Å². The molecule has 36 heavy (non-hydrogen) atoms. The standard InChI is InChI=1S/C29H34N4O3/c1-35-26-12-3-2-11-25(26)32-19-17-31(18-20-32)15-7-21-36-27-13-4-8-23-10-6-16-33(28(23)27)29(34)24-9-5-14-30-22-24/h2-5,8-9,11-14,22H,6-7,10,15-21H2,1H3. The Bertz CT molecular complexity index is 1160. The number of methoxy groups -OCH3 is 1. The summed E-state index contributed by atoms with van der Waals surface area (Å²) in [6, 6.07) is 18.0. The third kappa shape index (κ3) is 5.31. The molecule has 7 nitrogen and oxygen atoms in total. The number of carbonyl (C=O) groups is 1. The zero-order chi connectivity index (χ0) is 24.7. The first kappa shape index (κ1) is 24.1. The highest BCUT2D eigenvalue weighted by Crippen LogP contribution is 2.37. The fraction of sp³-hybridized carbons (Fsp3) is 0.379. The van der Waals surface area contributed by atoms with Gasteiger partial charge in [0.05, 0.1) is 30.7 Å². The summed E-state index contributed by atoms with van der Waals surface area (Å²) in [7, 11) is 1.73. The number of anilines is 2. The van der Waals surface area contributed by atoms with Gasteiger partial charge in [-0.1, -0.05) is 24.3 Å². The molecular weight excluding hydrogens is 452 g/mol. The number of hydrogen-bond acceptors (Lipinski definition) is 6. The second kappa shape index (κ2) is 11.4. The highest BCUT2D eigenvalue weighted by atomic mass is 16.5. The van der Waals surface area contributed by atoms with Crippen LogP contribution in [0.3, 0.4) is 0 Å². The number of nitrogens with zero attached hydrogens (tertiary/aromatic N) is 4. The minimum Gasteiger partial charge on any atom is -0.495 e. The highest BCUT2D eigenvalue weighted by molar-refractivity contribution is 6.07. The average Bonchev–Trinajstić information content (AvgIpc) is 2.95. The number of para-hydroxylation sites is 3. The molecule has 3 aromatic rings. The molecule has 1 amide bonds. The van der Waals surface area contributed by atoms with Gasteiger partial charge in [-0.05, 0) is 55.2 Å². The van der Waals surface area contributed by atoms with E-state index in [1.165, 1.54) is 11.3 Å². The lowest BCUT2D eigenvalue weighted by Gasteiger charge is -2.36. The van der Waals surface area contributed by atoms with Crippen LogP contribution in [0.1, 0.15) is 28.8 Å². The molecule has 7 heteroatoms. The van der Waals surface area contributed by atoms with Gasteiger partial charge < -0.3 is 19.3 Å². The van der Waals surface area contributed by atoms with Crippen molar-refractivity contribution in [1.29, 1.82) is 0 Å². The molecule has 0 bridgehead atoms. The van der Waals surface area contributed by atoms with E-state index in [1.54, 1.807) is 25.6 Å². The molecule has 1 saturated heterocycles. The zero-order valence-electron chi connectivity index (χ0n) is 20.9. The van der Waals surface area contributed by atoms with Gasteiger partial charge >= 0.3 is 0 Å². The minimum atomic E-state index is -0.0204. The molecule has 2 aliphatic heterocycles. The molecule has 0 unspecified atom stereocenters. The van der Waals surface area contributed by atoms with Crippen molar-refractivity contribution in [2.75, 3.05) is 62.8 Å². The van der Waals surface area contributed by atoms with Gasteiger partial charge in [0, 0.05) is 51.7 Å². The Morgan fingerprint density at radius 3 is 2.58 bits per heavy atom. The number of amides is 1. The van der Waals surface area contributed by atoms with E-state index in [0.29, 0.717) is 18.7 Å². The van der Waals surface area contributed by atoms with Crippen molar-refractivity contribution in [2.45, 2.75) is 19.3 Å². The number of benzene rings is 2. The van der Waals surface area contributed by atoms with Crippen molar-refractivity contribution < 1.29 is 14.3 Å². The topological polar surface area (TPSA) is 58.1 Å². The lowest BCUT2D eigenvalue weighted by Crippen LogP contribution is -2.46. The first-order chi connectivity index (χ1) is 17.7. The summed E-state index contributed by atoms with van der Waals surface area (Å²) < 4.78 is 11.8. The van der Waals surface area contributed by atoms with Gasteiger partial charge in [-0.15, -0.1) is 0 Å². The van der Waals surface area contributed by atoms with Crippen LogP contribution in [0.2, 0.25) is 0 Å². The van der Waals surface area contributed by atoms with E-state index < -0.39 is 0 Å². The smallest absolute Gasteiger partial charge is 0.259 e. The van der Waals surface area contributed by atoms with E-state index in [1.807, 2.05) is 35.2 Å². The van der Waals surface area contributed by atoms with E-state index >= 15 is 0 Å². The minimum absolute atomic E-state index is 0.0204. The number of carbonyl (C=O) groups excluding carboxylic acids is 1. The molecule has 188 valence electrons. The van der Waals surface area contributed by atoms with Gasteiger partial charge in [0.15, 0.2) is 0 Å². The van der Waals surface area contributed by atoms with E-state index in [9.17, 15) is 4.79 Å². The number of fused-ring (bicyclic) bond motifs is 1. The van der Waals surface area contributed by atoms with E-state index in [0.717, 1.165) is 69.2 Å². The molecule has 0 radical (unpaired) electrons. The normalized spacial score (nSPS) is 15.9. The molecule has 1 aromatic heterocycles. The Morgan fingerprint density at radius 2 is 1.78 bits per heavy atom. The molecule has 2 aromatic carbocycles. The summed E-state index contributed by atoms with van der Waals surface area (Å²) >= 11 is 0. The monoisotopic (exact) mass is 486 g/mol. The first-order valence-corrected chi connectivity index (χ1v) is 12.8. The Morgan fingerprint density at radius 1 is 0.944 bits per heavy atom. The number of pyridine rings is 1. The molecule has 0 spiro atoms. The number of rotatable bonds is 8. The predicted octanol–water partition coefficient (Wildman–Crippen LogP) is 4.27. The summed E-state index contributed by atoms with van der Waals surface area (Å²) in [6.45, 7) is 6.32. The lowest BCUT2D eigenvalue weighted by atomic mass is 10.00. The summed E-state index contributed by atoms with van der Waals surface area (Å²) in [5, 5.41) is 0. The molecule has 5 rings (SSSR count). The van der Waals surface area contributed by atoms with Crippen LogP contribution in [0.15, 0.2) is 67.0 Å². The van der Waals surface area contributed by atoms with Crippen LogP contribution in [0.5, 0.6) is 11.5 Å². The molecule has 1 fully saturated rings. The maximum Gasteiger partial charge on any atom is 0.259 e. The van der Waals surface area contributed by atoms with E-state index in [4.69, 9.17) is 9.47 Å². The SMILES string of the molecule is COc1ccccc1N1CCN(CCCOc2cccc3c2N(C(=O)c2cccnc2)CCC3)CC1. The third-order valence-electron chi connectivity index (χ3n) is 7.01. The van der Waals surface area contributed by atoms with Crippen molar-refractivity contribution >= 4 is 17.3 Å². The van der Waals surface area contributed by atoms with Crippen LogP contribution < -0.4 is 19.3 Å². The fourth-order valence-corrected chi connectivity index (χ4v) is 5.15. The lowest BCUT2D eigenvalue weighted by molar-refractivity contribution is 0.0983. The molecule has 0 N–H and O–H groups in total. The van der Waals surface area contributed by atoms with Crippen molar-refractivity contribution in [2.24, 2.45) is 0 Å². The van der Waals surface area contributed by atoms with Crippen molar-refractivity contribution in [1.82, 2.24) is 9.88 Å². The number of aromatic nitrogens is 1. The van der Waals surface area contributed by atoms with Gasteiger partial charge in [-0.25, -0.2) is 0 Å². The first-order valence-electron chi connectivity index (χ1n) is 12.8. The highest BCUT2D eigenvalue weighted by Gasteiger charge is 2.27. The van der Waals surface area contributed by atoms with Gasteiger partial charge in [-0.2, -0.15) is 0 Å². The Kier molecular flexibility index (Phi) is 7.67. The van der Waals surface area contributed by atoms with Crippen LogP contribution in [-0.4, -0.2) is 68.8 Å². The number of hydrogen-bond donors (Lipinski definition) is 0. The van der Waals surface area contributed by atoms with Crippen LogP contribution in [-0.2, 0) is 6.42 Å². The fourth-order valence-electron chi connectivity index (χ4n) is 5.15. The third-order valence-corrected chi connectivity index (χ3v) is 7.01.